The van der Waals surface area contributed by atoms with Gasteiger partial charge in [0, 0.05) is 0 Å². The Morgan fingerprint density at radius 2 is 1.87 bits per heavy atom. The molecule has 0 fully saturated rings. The molecule has 1 rings (SSSR count). The van der Waals surface area contributed by atoms with Gasteiger partial charge in [-0.15, -0.1) is 0 Å². The second-order valence-corrected chi connectivity index (χ2v) is 3.46. The number of benzene rings is 1. The molecule has 0 spiro atoms. The smallest absolute Gasteiger partial charge is 0.160 e. The second-order valence-electron chi connectivity index (χ2n) is 3.46. The number of nitrogens with two attached hydrogens (primary N) is 1. The van der Waals surface area contributed by atoms with Crippen molar-refractivity contribution in [3.8, 4) is 11.5 Å². The van der Waals surface area contributed by atoms with E-state index in [9.17, 15) is 0 Å². The Balaban J connectivity index is 3.01. The SMILES string of the molecule is CC[C@H](CN)c1ccc(OC)c(OC)c1. The molecule has 0 aliphatic rings. The number of ether oxygens (including phenoxy) is 2. The molecule has 0 aliphatic carbocycles. The molecule has 0 saturated carbocycles. The molecule has 0 radical (unpaired) electrons. The molecule has 84 valence electrons. The van der Waals surface area contributed by atoms with Crippen LogP contribution in [0.2, 0.25) is 0 Å². The lowest BCUT2D eigenvalue weighted by atomic mass is 9.96. The Labute approximate surface area is 91.2 Å². The largest absolute Gasteiger partial charge is 0.493 e. The van der Waals surface area contributed by atoms with Crippen molar-refractivity contribution in [2.45, 2.75) is 19.3 Å². The lowest BCUT2D eigenvalue weighted by Gasteiger charge is -2.15. The molecule has 0 unspecified atom stereocenters. The summed E-state index contributed by atoms with van der Waals surface area (Å²) in [6, 6.07) is 5.97. The highest BCUT2D eigenvalue weighted by Gasteiger charge is 2.10. The van der Waals surface area contributed by atoms with Gasteiger partial charge in [-0.2, -0.15) is 0 Å². The zero-order chi connectivity index (χ0) is 11.3. The third-order valence-corrected chi connectivity index (χ3v) is 2.66. The van der Waals surface area contributed by atoms with Crippen molar-refractivity contribution in [3.05, 3.63) is 23.8 Å². The summed E-state index contributed by atoms with van der Waals surface area (Å²) >= 11 is 0. The van der Waals surface area contributed by atoms with Crippen molar-refractivity contribution in [2.75, 3.05) is 20.8 Å². The molecule has 0 aliphatic heterocycles. The van der Waals surface area contributed by atoms with Crippen molar-refractivity contribution in [1.29, 1.82) is 0 Å². The molecule has 0 saturated heterocycles. The summed E-state index contributed by atoms with van der Waals surface area (Å²) in [5.74, 6) is 1.92. The van der Waals surface area contributed by atoms with Crippen LogP contribution >= 0.6 is 0 Å². The Morgan fingerprint density at radius 1 is 1.20 bits per heavy atom. The van der Waals surface area contributed by atoms with Gasteiger partial charge in [-0.05, 0) is 36.6 Å². The van der Waals surface area contributed by atoms with E-state index in [0.29, 0.717) is 12.5 Å². The predicted octanol–water partition coefficient (Wildman–Crippen LogP) is 2.16. The van der Waals surface area contributed by atoms with Gasteiger partial charge in [-0.1, -0.05) is 13.0 Å². The van der Waals surface area contributed by atoms with E-state index in [0.717, 1.165) is 17.9 Å². The van der Waals surface area contributed by atoms with Crippen molar-refractivity contribution >= 4 is 0 Å². The molecule has 0 amide bonds. The zero-order valence-corrected chi connectivity index (χ0v) is 9.62. The Hall–Kier alpha value is -1.22. The first kappa shape index (κ1) is 11.9. The lowest BCUT2D eigenvalue weighted by molar-refractivity contribution is 0.354. The first-order valence-corrected chi connectivity index (χ1v) is 5.18. The fraction of sp³-hybridized carbons (Fsp3) is 0.500. The van der Waals surface area contributed by atoms with Crippen LogP contribution in [-0.4, -0.2) is 20.8 Å². The van der Waals surface area contributed by atoms with E-state index in [-0.39, 0.29) is 0 Å². The third-order valence-electron chi connectivity index (χ3n) is 2.66. The van der Waals surface area contributed by atoms with E-state index in [1.54, 1.807) is 14.2 Å². The minimum atomic E-state index is 0.393. The van der Waals surface area contributed by atoms with Gasteiger partial charge in [0.1, 0.15) is 0 Å². The first-order chi connectivity index (χ1) is 7.26. The molecule has 0 bridgehead atoms. The van der Waals surface area contributed by atoms with E-state index in [1.165, 1.54) is 5.56 Å². The number of rotatable bonds is 5. The Morgan fingerprint density at radius 3 is 2.33 bits per heavy atom. The van der Waals surface area contributed by atoms with Crippen LogP contribution in [0.1, 0.15) is 24.8 Å². The molecule has 15 heavy (non-hydrogen) atoms. The second kappa shape index (κ2) is 5.61. The summed E-state index contributed by atoms with van der Waals surface area (Å²) in [4.78, 5) is 0. The topological polar surface area (TPSA) is 44.5 Å². The monoisotopic (exact) mass is 209 g/mol. The fourth-order valence-electron chi connectivity index (χ4n) is 1.65. The molecule has 3 nitrogen and oxygen atoms in total. The van der Waals surface area contributed by atoms with Gasteiger partial charge in [-0.3, -0.25) is 0 Å². The Kier molecular flexibility index (Phi) is 4.43. The van der Waals surface area contributed by atoms with Gasteiger partial charge in [0.25, 0.3) is 0 Å². The number of hydrogen-bond donors (Lipinski definition) is 1. The van der Waals surface area contributed by atoms with Crippen molar-refractivity contribution in [2.24, 2.45) is 5.73 Å². The average molecular weight is 209 g/mol. The molecule has 1 aromatic rings. The molecule has 1 atom stereocenters. The minimum Gasteiger partial charge on any atom is -0.493 e. The van der Waals surface area contributed by atoms with Crippen LogP contribution in [-0.2, 0) is 0 Å². The van der Waals surface area contributed by atoms with Crippen LogP contribution in [0, 0.1) is 0 Å². The van der Waals surface area contributed by atoms with E-state index in [1.807, 2.05) is 18.2 Å². The van der Waals surface area contributed by atoms with Gasteiger partial charge >= 0.3 is 0 Å². The zero-order valence-electron chi connectivity index (χ0n) is 9.62. The standard InChI is InChI=1S/C12H19NO2/c1-4-9(8-13)10-5-6-11(14-2)12(7-10)15-3/h5-7,9H,4,8,13H2,1-3H3/t9-/m1/s1. The summed E-state index contributed by atoms with van der Waals surface area (Å²) < 4.78 is 10.4. The van der Waals surface area contributed by atoms with Gasteiger partial charge in [0.15, 0.2) is 11.5 Å². The van der Waals surface area contributed by atoms with Gasteiger partial charge in [0.05, 0.1) is 14.2 Å². The normalized spacial score (nSPS) is 12.3. The van der Waals surface area contributed by atoms with Gasteiger partial charge in [-0.25, -0.2) is 0 Å². The fourth-order valence-corrected chi connectivity index (χ4v) is 1.65. The highest BCUT2D eigenvalue weighted by molar-refractivity contribution is 5.43. The average Bonchev–Trinajstić information content (AvgIpc) is 2.30. The van der Waals surface area contributed by atoms with Crippen LogP contribution in [0.3, 0.4) is 0 Å². The first-order valence-electron chi connectivity index (χ1n) is 5.18. The van der Waals surface area contributed by atoms with Crippen LogP contribution in [0.5, 0.6) is 11.5 Å². The maximum Gasteiger partial charge on any atom is 0.160 e. The van der Waals surface area contributed by atoms with Crippen LogP contribution in [0.15, 0.2) is 18.2 Å². The molecule has 0 aromatic heterocycles. The Bertz CT molecular complexity index is 308. The lowest BCUT2D eigenvalue weighted by Crippen LogP contribution is -2.11. The molecule has 1 aromatic carbocycles. The quantitative estimate of drug-likeness (QED) is 0.808. The van der Waals surface area contributed by atoms with E-state index in [4.69, 9.17) is 15.2 Å². The summed E-state index contributed by atoms with van der Waals surface area (Å²) in [5, 5.41) is 0. The van der Waals surface area contributed by atoms with E-state index >= 15 is 0 Å². The summed E-state index contributed by atoms with van der Waals surface area (Å²) in [5.41, 5.74) is 6.91. The summed E-state index contributed by atoms with van der Waals surface area (Å²) in [6.45, 7) is 2.79. The van der Waals surface area contributed by atoms with Crippen LogP contribution < -0.4 is 15.2 Å². The molecular weight excluding hydrogens is 190 g/mol. The predicted molar refractivity (Wildman–Crippen MR) is 61.6 cm³/mol. The minimum absolute atomic E-state index is 0.393. The number of methoxy groups -OCH3 is 2. The van der Waals surface area contributed by atoms with E-state index in [2.05, 4.69) is 6.92 Å². The van der Waals surface area contributed by atoms with Crippen molar-refractivity contribution < 1.29 is 9.47 Å². The highest BCUT2D eigenvalue weighted by Crippen LogP contribution is 2.31. The maximum absolute atomic E-state index is 5.71. The van der Waals surface area contributed by atoms with E-state index < -0.39 is 0 Å². The maximum atomic E-state index is 5.71. The van der Waals surface area contributed by atoms with Gasteiger partial charge < -0.3 is 15.2 Å². The molecular formula is C12H19NO2. The highest BCUT2D eigenvalue weighted by atomic mass is 16.5. The van der Waals surface area contributed by atoms with Crippen LogP contribution in [0.4, 0.5) is 0 Å². The van der Waals surface area contributed by atoms with Crippen molar-refractivity contribution in [3.63, 3.8) is 0 Å². The number of hydrogen-bond acceptors (Lipinski definition) is 3. The third kappa shape index (κ3) is 2.63. The van der Waals surface area contributed by atoms with Crippen LogP contribution in [0.25, 0.3) is 0 Å². The molecule has 3 heteroatoms. The summed E-state index contributed by atoms with van der Waals surface area (Å²) in [7, 11) is 3.28. The van der Waals surface area contributed by atoms with Crippen molar-refractivity contribution in [1.82, 2.24) is 0 Å². The molecule has 0 heterocycles. The molecule has 2 N–H and O–H groups in total. The summed E-state index contributed by atoms with van der Waals surface area (Å²) in [6.07, 6.45) is 1.03. The van der Waals surface area contributed by atoms with Gasteiger partial charge in [0.2, 0.25) is 0 Å².